The molecule has 11 nitrogen and oxygen atoms in total. The van der Waals surface area contributed by atoms with Crippen LogP contribution in [0, 0.1) is 5.41 Å². The number of carbonyl (C=O) groups excluding carboxylic acids is 3. The number of nitrogens with two attached hydrogens (primary N) is 1. The molecule has 0 aliphatic carbocycles. The average Bonchev–Trinajstić information content (AvgIpc) is 3.71. The molecule has 1 atom stereocenters. The maximum absolute atomic E-state index is 13.2. The van der Waals surface area contributed by atoms with E-state index in [1.807, 2.05) is 36.4 Å². The second kappa shape index (κ2) is 11.3. The third kappa shape index (κ3) is 5.98. The third-order valence-corrected chi connectivity index (χ3v) is 7.52. The van der Waals surface area contributed by atoms with Gasteiger partial charge in [0.15, 0.2) is 5.79 Å². The number of amidine groups is 1. The molecule has 2 fully saturated rings. The van der Waals surface area contributed by atoms with Crippen LogP contribution in [0.4, 0.5) is 0 Å². The number of aromatic nitrogens is 1. The van der Waals surface area contributed by atoms with E-state index < -0.39 is 23.6 Å². The third-order valence-electron chi connectivity index (χ3n) is 6.58. The number of likely N-dealkylation sites (tertiary alicyclic amines) is 1. The van der Waals surface area contributed by atoms with E-state index in [-0.39, 0.29) is 43.5 Å². The highest BCUT2D eigenvalue weighted by Crippen LogP contribution is 2.35. The Morgan fingerprint density at radius 3 is 2.59 bits per heavy atom. The highest BCUT2D eigenvalue weighted by molar-refractivity contribution is 7.10. The highest BCUT2D eigenvalue weighted by Gasteiger charge is 2.52. The number of nitrogens with one attached hydrogen (secondary N) is 3. The van der Waals surface area contributed by atoms with Crippen molar-refractivity contribution in [3.05, 3.63) is 76.1 Å². The van der Waals surface area contributed by atoms with Gasteiger partial charge < -0.3 is 30.7 Å². The second-order valence-electron chi connectivity index (χ2n) is 9.24. The Balaban J connectivity index is 1.23. The molecule has 2 aliphatic rings. The molecule has 5 N–H and O–H groups in total. The van der Waals surface area contributed by atoms with Gasteiger partial charge in [-0.2, -0.15) is 0 Å². The topological polar surface area (TPSA) is 160 Å². The van der Waals surface area contributed by atoms with Crippen LogP contribution < -0.4 is 16.4 Å². The van der Waals surface area contributed by atoms with Gasteiger partial charge in [0, 0.05) is 27.8 Å². The normalized spacial score (nSPS) is 17.7. The summed E-state index contributed by atoms with van der Waals surface area (Å²) < 4.78 is 11.6. The van der Waals surface area contributed by atoms with Crippen molar-refractivity contribution in [3.63, 3.8) is 0 Å². The number of hydrogen-bond donors (Lipinski definition) is 4. The van der Waals surface area contributed by atoms with Crippen LogP contribution in [0.5, 0.6) is 0 Å². The minimum atomic E-state index is -1.04. The number of nitrogens with zero attached hydrogens (tertiary/aromatic N) is 2. The minimum absolute atomic E-state index is 0.0436. The van der Waals surface area contributed by atoms with Gasteiger partial charge in [-0.3, -0.25) is 19.8 Å². The van der Waals surface area contributed by atoms with Gasteiger partial charge in [-0.25, -0.2) is 4.98 Å². The van der Waals surface area contributed by atoms with Crippen molar-refractivity contribution in [2.75, 3.05) is 26.3 Å². The Bertz CT molecular complexity index is 1390. The fraction of sp³-hybridized carbons (Fsp3) is 0.296. The van der Waals surface area contributed by atoms with Crippen LogP contribution in [0.3, 0.4) is 0 Å². The largest absolute Gasteiger partial charge is 0.384 e. The van der Waals surface area contributed by atoms with E-state index in [1.165, 1.54) is 16.2 Å². The number of nitrogen functional groups attached to an aromatic ring is 1. The fourth-order valence-electron chi connectivity index (χ4n) is 4.63. The zero-order valence-corrected chi connectivity index (χ0v) is 21.8. The van der Waals surface area contributed by atoms with E-state index in [4.69, 9.17) is 20.6 Å². The van der Waals surface area contributed by atoms with Gasteiger partial charge in [0.25, 0.3) is 5.91 Å². The lowest BCUT2D eigenvalue weighted by molar-refractivity contribution is -0.152. The molecule has 39 heavy (non-hydrogen) atoms. The van der Waals surface area contributed by atoms with Gasteiger partial charge in [0.1, 0.15) is 17.6 Å². The van der Waals surface area contributed by atoms with Crippen LogP contribution in [0.2, 0.25) is 0 Å². The zero-order chi connectivity index (χ0) is 27.4. The van der Waals surface area contributed by atoms with Crippen LogP contribution in [-0.4, -0.2) is 71.6 Å². The number of carbonyl (C=O) groups is 3. The van der Waals surface area contributed by atoms with E-state index >= 15 is 0 Å². The molecule has 2 aliphatic heterocycles. The molecule has 0 radical (unpaired) electrons. The van der Waals surface area contributed by atoms with Crippen molar-refractivity contribution in [3.8, 4) is 11.3 Å². The van der Waals surface area contributed by atoms with E-state index in [1.54, 1.807) is 23.6 Å². The summed E-state index contributed by atoms with van der Waals surface area (Å²) in [6.45, 7) is 0.737. The first-order valence-electron chi connectivity index (χ1n) is 12.4. The van der Waals surface area contributed by atoms with Crippen LogP contribution in [-0.2, 0) is 25.6 Å². The summed E-state index contributed by atoms with van der Waals surface area (Å²) in [6, 6.07) is 15.5. The molecule has 1 aromatic carbocycles. The average molecular weight is 549 g/mol. The molecule has 4 heterocycles. The summed E-state index contributed by atoms with van der Waals surface area (Å²) in [5.41, 5.74) is 7.80. The van der Waals surface area contributed by atoms with Gasteiger partial charge in [-0.05, 0) is 18.2 Å². The Morgan fingerprint density at radius 1 is 1.10 bits per heavy atom. The number of pyridine rings is 1. The van der Waals surface area contributed by atoms with Crippen molar-refractivity contribution in [1.82, 2.24) is 20.5 Å². The van der Waals surface area contributed by atoms with E-state index in [0.717, 1.165) is 10.4 Å². The maximum Gasteiger partial charge on any atom is 0.270 e. The fourth-order valence-corrected chi connectivity index (χ4v) is 5.45. The number of ether oxygens (including phenoxy) is 2. The molecule has 1 spiro atoms. The molecule has 5 rings (SSSR count). The number of rotatable bonds is 8. The SMILES string of the molecule is N=C(N)c1csc(CNC(=O)C2CC3(CN2C(=O)CNC(=O)c2cccc(-c4ccccc4)n2)OCCO3)c1. The zero-order valence-electron chi connectivity index (χ0n) is 21.0. The lowest BCUT2D eigenvalue weighted by atomic mass is 10.1. The summed E-state index contributed by atoms with van der Waals surface area (Å²) in [6.07, 6.45) is 0.183. The summed E-state index contributed by atoms with van der Waals surface area (Å²) in [5, 5.41) is 14.8. The van der Waals surface area contributed by atoms with Crippen LogP contribution in [0.1, 0.15) is 27.3 Å². The molecule has 0 saturated carbocycles. The van der Waals surface area contributed by atoms with Gasteiger partial charge >= 0.3 is 0 Å². The number of thiophene rings is 1. The smallest absolute Gasteiger partial charge is 0.270 e. The summed E-state index contributed by atoms with van der Waals surface area (Å²) in [7, 11) is 0. The monoisotopic (exact) mass is 548 g/mol. The van der Waals surface area contributed by atoms with Gasteiger partial charge in [-0.1, -0.05) is 36.4 Å². The Morgan fingerprint density at radius 2 is 1.87 bits per heavy atom. The molecule has 12 heteroatoms. The quantitative estimate of drug-likeness (QED) is 0.245. The predicted octanol–water partition coefficient (Wildman–Crippen LogP) is 1.48. The molecule has 3 aromatic rings. The summed E-state index contributed by atoms with van der Waals surface area (Å²) >= 11 is 1.38. The highest BCUT2D eigenvalue weighted by atomic mass is 32.1. The van der Waals surface area contributed by atoms with Crippen molar-refractivity contribution in [2.24, 2.45) is 5.73 Å². The first-order valence-corrected chi connectivity index (χ1v) is 13.3. The first kappa shape index (κ1) is 26.5. The van der Waals surface area contributed by atoms with Crippen molar-refractivity contribution >= 4 is 34.9 Å². The first-order chi connectivity index (χ1) is 18.8. The lowest BCUT2D eigenvalue weighted by Gasteiger charge is -2.24. The van der Waals surface area contributed by atoms with Crippen LogP contribution in [0.15, 0.2) is 60.0 Å². The molecule has 3 amide bonds. The number of benzene rings is 1. The molecule has 2 aromatic heterocycles. The van der Waals surface area contributed by atoms with E-state index in [2.05, 4.69) is 15.6 Å². The number of hydrogen-bond acceptors (Lipinski definition) is 8. The molecule has 0 bridgehead atoms. The molecule has 1 unspecified atom stereocenters. The van der Waals surface area contributed by atoms with Crippen molar-refractivity contribution in [1.29, 1.82) is 5.41 Å². The number of amides is 3. The van der Waals surface area contributed by atoms with Crippen molar-refractivity contribution in [2.45, 2.75) is 24.8 Å². The van der Waals surface area contributed by atoms with Crippen LogP contribution in [0.25, 0.3) is 11.3 Å². The Labute approximate surface area is 228 Å². The van der Waals surface area contributed by atoms with E-state index in [0.29, 0.717) is 24.5 Å². The van der Waals surface area contributed by atoms with Crippen molar-refractivity contribution < 1.29 is 23.9 Å². The van der Waals surface area contributed by atoms with E-state index in [9.17, 15) is 14.4 Å². The summed E-state index contributed by atoms with van der Waals surface area (Å²) in [5.74, 6) is -2.38. The molecule has 202 valence electrons. The molecule has 2 saturated heterocycles. The Kier molecular flexibility index (Phi) is 7.68. The Hall–Kier alpha value is -4.13. The predicted molar refractivity (Wildman–Crippen MR) is 144 cm³/mol. The maximum atomic E-state index is 13.2. The lowest BCUT2D eigenvalue weighted by Crippen LogP contribution is -2.49. The van der Waals surface area contributed by atoms with Gasteiger partial charge in [-0.15, -0.1) is 11.3 Å². The van der Waals surface area contributed by atoms with Gasteiger partial charge in [0.2, 0.25) is 11.8 Å². The van der Waals surface area contributed by atoms with Crippen LogP contribution >= 0.6 is 11.3 Å². The standard InChI is InChI=1S/C27H28N6O5S/c28-24(29)18-11-19(39-15-18)13-30-26(36)22-12-27(37-9-10-38-27)16-33(22)23(34)14-31-25(35)21-8-4-7-20(32-21)17-5-2-1-3-6-17/h1-8,11,15,22H,9-10,12-14,16H2,(H3,28,29)(H,30,36)(H,31,35). The molecular formula is C27H28N6O5S. The summed E-state index contributed by atoms with van der Waals surface area (Å²) in [4.78, 5) is 45.9. The molecular weight excluding hydrogens is 520 g/mol. The minimum Gasteiger partial charge on any atom is -0.384 e. The second-order valence-corrected chi connectivity index (χ2v) is 10.2. The van der Waals surface area contributed by atoms with Gasteiger partial charge in [0.05, 0.1) is 38.5 Å².